The maximum atomic E-state index is 13.2. The molecule has 4 nitrogen and oxygen atoms in total. The van der Waals surface area contributed by atoms with Crippen molar-refractivity contribution in [3.63, 3.8) is 0 Å². The number of halogens is 1. The highest BCUT2D eigenvalue weighted by Gasteiger charge is 2.10. The second-order valence-corrected chi connectivity index (χ2v) is 3.38. The second kappa shape index (κ2) is 5.16. The first kappa shape index (κ1) is 11.2. The van der Waals surface area contributed by atoms with E-state index in [0.717, 1.165) is 5.56 Å². The largest absolute Gasteiger partial charge is 0.348 e. The van der Waals surface area contributed by atoms with Gasteiger partial charge in [-0.25, -0.2) is 4.98 Å². The highest BCUT2D eigenvalue weighted by atomic mass is 19.1. The molecule has 0 aliphatic heterocycles. The molecule has 1 amide bonds. The van der Waals surface area contributed by atoms with E-state index in [0.29, 0.717) is 6.54 Å². The summed E-state index contributed by atoms with van der Waals surface area (Å²) in [4.78, 5) is 18.9. The minimum Gasteiger partial charge on any atom is -0.348 e. The van der Waals surface area contributed by atoms with E-state index in [4.69, 9.17) is 0 Å². The number of hydrogen-bond acceptors (Lipinski definition) is 3. The molecule has 0 spiro atoms. The zero-order chi connectivity index (χ0) is 12.1. The lowest BCUT2D eigenvalue weighted by Gasteiger charge is -2.05. The van der Waals surface area contributed by atoms with Crippen LogP contribution in [0.1, 0.15) is 15.9 Å². The minimum absolute atomic E-state index is 0.0541. The van der Waals surface area contributed by atoms with Gasteiger partial charge < -0.3 is 5.32 Å². The molecule has 0 fully saturated rings. The highest BCUT2D eigenvalue weighted by molar-refractivity contribution is 5.94. The van der Waals surface area contributed by atoms with Crippen molar-refractivity contribution in [1.29, 1.82) is 0 Å². The Morgan fingerprint density at radius 1 is 1.24 bits per heavy atom. The number of carbonyl (C=O) groups is 1. The van der Waals surface area contributed by atoms with Crippen molar-refractivity contribution in [3.05, 3.63) is 59.9 Å². The Hall–Kier alpha value is -2.30. The van der Waals surface area contributed by atoms with Gasteiger partial charge in [0.15, 0.2) is 0 Å². The average molecular weight is 231 g/mol. The Kier molecular flexibility index (Phi) is 3.40. The molecule has 86 valence electrons. The molecule has 0 saturated carbocycles. The first-order chi connectivity index (χ1) is 8.27. The number of hydrogen-bond donors (Lipinski definition) is 1. The molecule has 1 N–H and O–H groups in total. The van der Waals surface area contributed by atoms with E-state index < -0.39 is 11.9 Å². The molecule has 0 unspecified atom stereocenters. The van der Waals surface area contributed by atoms with Crippen LogP contribution in [-0.4, -0.2) is 15.9 Å². The second-order valence-electron chi connectivity index (χ2n) is 3.38. The van der Waals surface area contributed by atoms with Gasteiger partial charge in [-0.3, -0.25) is 9.78 Å². The predicted octanol–water partition coefficient (Wildman–Crippen LogP) is 1.55. The first-order valence-electron chi connectivity index (χ1n) is 5.05. The van der Waals surface area contributed by atoms with E-state index in [1.807, 2.05) is 0 Å². The van der Waals surface area contributed by atoms with E-state index in [-0.39, 0.29) is 5.56 Å². The summed E-state index contributed by atoms with van der Waals surface area (Å²) < 4.78 is 13.2. The summed E-state index contributed by atoms with van der Waals surface area (Å²) >= 11 is 0. The van der Waals surface area contributed by atoms with E-state index in [1.54, 1.807) is 24.5 Å². The Balaban J connectivity index is 2.01. The average Bonchev–Trinajstić information content (AvgIpc) is 2.38. The molecule has 0 radical (unpaired) electrons. The van der Waals surface area contributed by atoms with Gasteiger partial charge in [-0.2, -0.15) is 4.39 Å². The van der Waals surface area contributed by atoms with Crippen LogP contribution in [-0.2, 0) is 6.54 Å². The van der Waals surface area contributed by atoms with Crippen LogP contribution in [0.5, 0.6) is 0 Å². The van der Waals surface area contributed by atoms with Crippen LogP contribution in [0.15, 0.2) is 42.9 Å². The number of rotatable bonds is 3. The molecule has 2 rings (SSSR count). The third kappa shape index (κ3) is 2.84. The molecule has 5 heteroatoms. The van der Waals surface area contributed by atoms with Gasteiger partial charge in [0.2, 0.25) is 5.95 Å². The van der Waals surface area contributed by atoms with Gasteiger partial charge in [0.1, 0.15) is 0 Å². The van der Waals surface area contributed by atoms with Gasteiger partial charge in [0, 0.05) is 25.1 Å². The van der Waals surface area contributed by atoms with E-state index in [2.05, 4.69) is 15.3 Å². The van der Waals surface area contributed by atoms with Gasteiger partial charge >= 0.3 is 0 Å². The summed E-state index contributed by atoms with van der Waals surface area (Å²) in [6.45, 7) is 0.329. The van der Waals surface area contributed by atoms with Crippen LogP contribution >= 0.6 is 0 Å². The molecule has 0 aliphatic rings. The van der Waals surface area contributed by atoms with Crippen LogP contribution in [0.2, 0.25) is 0 Å². The van der Waals surface area contributed by atoms with Crippen LogP contribution in [0, 0.1) is 5.95 Å². The maximum absolute atomic E-state index is 13.2. The summed E-state index contributed by atoms with van der Waals surface area (Å²) in [5.74, 6) is -1.24. The quantitative estimate of drug-likeness (QED) is 0.815. The molecule has 17 heavy (non-hydrogen) atoms. The monoisotopic (exact) mass is 231 g/mol. The Morgan fingerprint density at radius 2 is 2.00 bits per heavy atom. The Bertz CT molecular complexity index is 516. The SMILES string of the molecule is O=C(NCc1ccncc1)c1cccnc1F. The number of carbonyl (C=O) groups excluding carboxylic acids is 1. The zero-order valence-corrected chi connectivity index (χ0v) is 8.93. The van der Waals surface area contributed by atoms with Crippen molar-refractivity contribution in [2.24, 2.45) is 0 Å². The van der Waals surface area contributed by atoms with Crippen LogP contribution in [0.25, 0.3) is 0 Å². The number of aromatic nitrogens is 2. The summed E-state index contributed by atoms with van der Waals surface area (Å²) in [7, 11) is 0. The van der Waals surface area contributed by atoms with Gasteiger partial charge in [-0.1, -0.05) is 0 Å². The van der Waals surface area contributed by atoms with Crippen molar-refractivity contribution < 1.29 is 9.18 Å². The summed E-state index contributed by atoms with van der Waals surface area (Å²) in [6.07, 6.45) is 4.56. The van der Waals surface area contributed by atoms with Gasteiger partial charge in [0.05, 0.1) is 5.56 Å². The fourth-order valence-corrected chi connectivity index (χ4v) is 1.33. The topological polar surface area (TPSA) is 54.9 Å². The number of amides is 1. The molecule has 0 atom stereocenters. The smallest absolute Gasteiger partial charge is 0.256 e. The van der Waals surface area contributed by atoms with Crippen LogP contribution in [0.4, 0.5) is 4.39 Å². The van der Waals surface area contributed by atoms with E-state index >= 15 is 0 Å². The van der Waals surface area contributed by atoms with Crippen molar-refractivity contribution >= 4 is 5.91 Å². The zero-order valence-electron chi connectivity index (χ0n) is 8.93. The van der Waals surface area contributed by atoms with Gasteiger partial charge in [-0.05, 0) is 29.8 Å². The lowest BCUT2D eigenvalue weighted by molar-refractivity contribution is 0.0946. The molecule has 0 aromatic carbocycles. The van der Waals surface area contributed by atoms with Gasteiger partial charge in [0.25, 0.3) is 5.91 Å². The molecule has 0 saturated heterocycles. The Morgan fingerprint density at radius 3 is 2.71 bits per heavy atom. The Labute approximate surface area is 97.5 Å². The third-order valence-corrected chi connectivity index (χ3v) is 2.21. The molecule has 2 heterocycles. The summed E-state index contributed by atoms with van der Waals surface area (Å²) in [5, 5.41) is 2.61. The van der Waals surface area contributed by atoms with Crippen molar-refractivity contribution in [2.45, 2.75) is 6.54 Å². The minimum atomic E-state index is -0.764. The predicted molar refractivity (Wildman–Crippen MR) is 59.6 cm³/mol. The first-order valence-corrected chi connectivity index (χ1v) is 5.05. The van der Waals surface area contributed by atoms with Crippen LogP contribution in [0.3, 0.4) is 0 Å². The number of pyridine rings is 2. The van der Waals surface area contributed by atoms with E-state index in [9.17, 15) is 9.18 Å². The maximum Gasteiger partial charge on any atom is 0.256 e. The molecule has 0 bridgehead atoms. The van der Waals surface area contributed by atoms with Gasteiger partial charge in [-0.15, -0.1) is 0 Å². The molecule has 2 aromatic rings. The van der Waals surface area contributed by atoms with Crippen LogP contribution < -0.4 is 5.32 Å². The molecule has 0 aliphatic carbocycles. The number of nitrogens with one attached hydrogen (secondary N) is 1. The lowest BCUT2D eigenvalue weighted by Crippen LogP contribution is -2.24. The molecule has 2 aromatic heterocycles. The highest BCUT2D eigenvalue weighted by Crippen LogP contribution is 2.03. The summed E-state index contributed by atoms with van der Waals surface area (Å²) in [5.41, 5.74) is 0.846. The molecular formula is C12H10FN3O. The summed E-state index contributed by atoms with van der Waals surface area (Å²) in [6, 6.07) is 6.47. The van der Waals surface area contributed by atoms with Crippen molar-refractivity contribution in [2.75, 3.05) is 0 Å². The standard InChI is InChI=1S/C12H10FN3O/c13-11-10(2-1-5-15-11)12(17)16-8-9-3-6-14-7-4-9/h1-7H,8H2,(H,16,17). The lowest BCUT2D eigenvalue weighted by atomic mass is 10.2. The normalized spacial score (nSPS) is 9.94. The number of nitrogens with zero attached hydrogens (tertiary/aromatic N) is 2. The third-order valence-electron chi connectivity index (χ3n) is 2.21. The fourth-order valence-electron chi connectivity index (χ4n) is 1.33. The van der Waals surface area contributed by atoms with E-state index in [1.165, 1.54) is 18.3 Å². The van der Waals surface area contributed by atoms with Crippen molar-refractivity contribution in [1.82, 2.24) is 15.3 Å². The molecular weight excluding hydrogens is 221 g/mol. The fraction of sp³-hybridized carbons (Fsp3) is 0.0833. The van der Waals surface area contributed by atoms with Crippen molar-refractivity contribution in [3.8, 4) is 0 Å².